The molecule has 0 radical (unpaired) electrons. The Bertz CT molecular complexity index is 454. The van der Waals surface area contributed by atoms with Crippen molar-refractivity contribution in [2.45, 2.75) is 37.6 Å². The maximum Gasteiger partial charge on any atom is 0.244 e. The van der Waals surface area contributed by atoms with Crippen LogP contribution in [0.1, 0.15) is 31.9 Å². The molecule has 5 nitrogen and oxygen atoms in total. The van der Waals surface area contributed by atoms with Gasteiger partial charge in [0.2, 0.25) is 10.0 Å². The Morgan fingerprint density at radius 1 is 1.39 bits per heavy atom. The quantitative estimate of drug-likeness (QED) is 0.706. The lowest BCUT2D eigenvalue weighted by Gasteiger charge is -2.15. The van der Waals surface area contributed by atoms with Crippen molar-refractivity contribution in [2.24, 2.45) is 0 Å². The van der Waals surface area contributed by atoms with Gasteiger partial charge in [-0.2, -0.15) is 0 Å². The number of nitrogens with zero attached hydrogens (tertiary/aromatic N) is 1. The van der Waals surface area contributed by atoms with E-state index >= 15 is 0 Å². The number of H-pyrrole nitrogens is 1. The summed E-state index contributed by atoms with van der Waals surface area (Å²) in [7, 11) is 0.117. The van der Waals surface area contributed by atoms with E-state index < -0.39 is 10.0 Å². The molecule has 0 aliphatic carbocycles. The van der Waals surface area contributed by atoms with E-state index in [1.807, 2.05) is 7.05 Å². The van der Waals surface area contributed by atoms with Crippen LogP contribution in [-0.2, 0) is 16.6 Å². The summed E-state index contributed by atoms with van der Waals surface area (Å²) in [4.78, 5) is 3.31. The second kappa shape index (κ2) is 6.92. The average molecular weight is 273 g/mol. The zero-order valence-electron chi connectivity index (χ0n) is 11.4. The SMILES string of the molecule is CCCCCN(C)S(=O)(=O)c1c[nH]c(CNC)c1. The van der Waals surface area contributed by atoms with Gasteiger partial charge in [-0.3, -0.25) is 0 Å². The van der Waals surface area contributed by atoms with Gasteiger partial charge in [0.05, 0.1) is 4.90 Å². The molecule has 0 saturated heterocycles. The highest BCUT2D eigenvalue weighted by molar-refractivity contribution is 7.89. The molecule has 0 fully saturated rings. The van der Waals surface area contributed by atoms with Crippen molar-refractivity contribution < 1.29 is 8.42 Å². The summed E-state index contributed by atoms with van der Waals surface area (Å²) in [6.45, 7) is 3.31. The molecule has 0 atom stereocenters. The minimum Gasteiger partial charge on any atom is -0.363 e. The highest BCUT2D eigenvalue weighted by Crippen LogP contribution is 2.16. The first-order chi connectivity index (χ1) is 8.52. The largest absolute Gasteiger partial charge is 0.363 e. The lowest BCUT2D eigenvalue weighted by molar-refractivity contribution is 0.454. The summed E-state index contributed by atoms with van der Waals surface area (Å²) in [5.41, 5.74) is 0.873. The molecular formula is C12H23N3O2S. The second-order valence-corrected chi connectivity index (χ2v) is 6.47. The van der Waals surface area contributed by atoms with Gasteiger partial charge in [0, 0.05) is 32.0 Å². The van der Waals surface area contributed by atoms with Crippen LogP contribution >= 0.6 is 0 Å². The summed E-state index contributed by atoms with van der Waals surface area (Å²) < 4.78 is 25.9. The van der Waals surface area contributed by atoms with E-state index in [-0.39, 0.29) is 0 Å². The number of rotatable bonds is 8. The Labute approximate surface area is 110 Å². The molecule has 104 valence electrons. The number of aromatic nitrogens is 1. The standard InChI is InChI=1S/C12H23N3O2S/c1-4-5-6-7-15(3)18(16,17)12-8-11(9-13-2)14-10-12/h8,10,13-14H,4-7,9H2,1-3H3. The lowest BCUT2D eigenvalue weighted by Crippen LogP contribution is -2.27. The maximum atomic E-state index is 12.2. The molecule has 0 unspecified atom stereocenters. The first-order valence-corrected chi connectivity index (χ1v) is 7.74. The molecule has 0 aliphatic rings. The van der Waals surface area contributed by atoms with E-state index in [2.05, 4.69) is 17.2 Å². The van der Waals surface area contributed by atoms with E-state index in [9.17, 15) is 8.42 Å². The monoisotopic (exact) mass is 273 g/mol. The van der Waals surface area contributed by atoms with E-state index in [1.165, 1.54) is 4.31 Å². The van der Waals surface area contributed by atoms with Crippen molar-refractivity contribution in [3.8, 4) is 0 Å². The first kappa shape index (κ1) is 15.2. The molecule has 1 aromatic rings. The van der Waals surface area contributed by atoms with Gasteiger partial charge in [0.1, 0.15) is 0 Å². The summed E-state index contributed by atoms with van der Waals surface area (Å²) in [6, 6.07) is 1.68. The molecule has 1 aromatic heterocycles. The fraction of sp³-hybridized carbons (Fsp3) is 0.667. The minimum absolute atomic E-state index is 0.340. The molecule has 1 rings (SSSR count). The molecule has 0 saturated carbocycles. The van der Waals surface area contributed by atoms with Crippen LogP contribution < -0.4 is 5.32 Å². The van der Waals surface area contributed by atoms with Crippen molar-refractivity contribution in [3.63, 3.8) is 0 Å². The third kappa shape index (κ3) is 3.83. The number of hydrogen-bond acceptors (Lipinski definition) is 3. The molecule has 0 amide bonds. The lowest BCUT2D eigenvalue weighted by atomic mass is 10.2. The van der Waals surface area contributed by atoms with Crippen molar-refractivity contribution in [1.82, 2.24) is 14.6 Å². The molecule has 0 aliphatic heterocycles. The van der Waals surface area contributed by atoms with Crippen molar-refractivity contribution in [3.05, 3.63) is 18.0 Å². The van der Waals surface area contributed by atoms with Gasteiger partial charge in [-0.15, -0.1) is 0 Å². The van der Waals surface area contributed by atoms with Gasteiger partial charge in [0.25, 0.3) is 0 Å². The normalized spacial score (nSPS) is 12.2. The number of hydrogen-bond donors (Lipinski definition) is 2. The topological polar surface area (TPSA) is 65.2 Å². The Balaban J connectivity index is 2.71. The molecule has 18 heavy (non-hydrogen) atoms. The Kier molecular flexibility index (Phi) is 5.84. The summed E-state index contributed by atoms with van der Waals surface area (Å²) in [6.07, 6.45) is 4.60. The third-order valence-corrected chi connectivity index (χ3v) is 4.70. The Hall–Kier alpha value is -0.850. The van der Waals surface area contributed by atoms with E-state index in [1.54, 1.807) is 19.3 Å². The smallest absolute Gasteiger partial charge is 0.244 e. The van der Waals surface area contributed by atoms with Crippen LogP contribution in [-0.4, -0.2) is 38.3 Å². The van der Waals surface area contributed by atoms with Gasteiger partial charge >= 0.3 is 0 Å². The average Bonchev–Trinajstić information content (AvgIpc) is 2.79. The van der Waals surface area contributed by atoms with Crippen molar-refractivity contribution in [2.75, 3.05) is 20.6 Å². The Morgan fingerprint density at radius 2 is 2.11 bits per heavy atom. The predicted octanol–water partition coefficient (Wildman–Crippen LogP) is 1.54. The first-order valence-electron chi connectivity index (χ1n) is 6.30. The molecular weight excluding hydrogens is 250 g/mol. The molecule has 6 heteroatoms. The van der Waals surface area contributed by atoms with Gasteiger partial charge in [-0.1, -0.05) is 19.8 Å². The zero-order valence-corrected chi connectivity index (χ0v) is 12.2. The number of aromatic amines is 1. The predicted molar refractivity (Wildman–Crippen MR) is 72.9 cm³/mol. The van der Waals surface area contributed by atoms with Crippen LogP contribution in [0.5, 0.6) is 0 Å². The Morgan fingerprint density at radius 3 is 2.72 bits per heavy atom. The summed E-state index contributed by atoms with van der Waals surface area (Å²) in [5.74, 6) is 0. The number of unbranched alkanes of at least 4 members (excludes halogenated alkanes) is 2. The number of nitrogens with one attached hydrogen (secondary N) is 2. The van der Waals surface area contributed by atoms with Crippen LogP contribution in [0.4, 0.5) is 0 Å². The van der Waals surface area contributed by atoms with Crippen LogP contribution in [0.25, 0.3) is 0 Å². The molecule has 0 spiro atoms. The molecule has 1 heterocycles. The van der Waals surface area contributed by atoms with Gasteiger partial charge < -0.3 is 10.3 Å². The van der Waals surface area contributed by atoms with Gasteiger partial charge in [-0.05, 0) is 19.5 Å². The van der Waals surface area contributed by atoms with Crippen LogP contribution in [0, 0.1) is 0 Å². The van der Waals surface area contributed by atoms with Gasteiger partial charge in [-0.25, -0.2) is 12.7 Å². The van der Waals surface area contributed by atoms with Gasteiger partial charge in [0.15, 0.2) is 0 Å². The van der Waals surface area contributed by atoms with E-state index in [4.69, 9.17) is 0 Å². The van der Waals surface area contributed by atoms with Crippen LogP contribution in [0.2, 0.25) is 0 Å². The summed E-state index contributed by atoms with van der Waals surface area (Å²) >= 11 is 0. The highest BCUT2D eigenvalue weighted by atomic mass is 32.2. The van der Waals surface area contributed by atoms with Crippen molar-refractivity contribution in [1.29, 1.82) is 0 Å². The van der Waals surface area contributed by atoms with Crippen molar-refractivity contribution >= 4 is 10.0 Å². The molecule has 2 N–H and O–H groups in total. The molecule has 0 bridgehead atoms. The maximum absolute atomic E-state index is 12.2. The van der Waals surface area contributed by atoms with Crippen LogP contribution in [0.15, 0.2) is 17.2 Å². The third-order valence-electron chi connectivity index (χ3n) is 2.87. The van der Waals surface area contributed by atoms with E-state index in [0.717, 1.165) is 25.0 Å². The fourth-order valence-corrected chi connectivity index (χ4v) is 2.97. The number of sulfonamides is 1. The second-order valence-electron chi connectivity index (χ2n) is 4.42. The minimum atomic E-state index is -3.34. The zero-order chi connectivity index (χ0) is 13.6. The highest BCUT2D eigenvalue weighted by Gasteiger charge is 2.21. The van der Waals surface area contributed by atoms with E-state index in [0.29, 0.717) is 18.0 Å². The fourth-order valence-electron chi connectivity index (χ4n) is 1.74. The molecule has 0 aromatic carbocycles. The van der Waals surface area contributed by atoms with Crippen LogP contribution in [0.3, 0.4) is 0 Å². The summed E-state index contributed by atoms with van der Waals surface area (Å²) in [5, 5.41) is 2.98.